The maximum absolute atomic E-state index is 12.1. The molecule has 0 heterocycles. The van der Waals surface area contributed by atoms with Crippen molar-refractivity contribution in [1.29, 1.82) is 0 Å². The van der Waals surface area contributed by atoms with Crippen LogP contribution in [0.25, 0.3) is 0 Å². The van der Waals surface area contributed by atoms with Crippen LogP contribution in [0.4, 0.5) is 19.3 Å². The van der Waals surface area contributed by atoms with Crippen molar-refractivity contribution >= 4 is 23.3 Å². The number of rotatable bonds is 6. The van der Waals surface area contributed by atoms with Crippen LogP contribution >= 0.6 is 11.6 Å². The Bertz CT molecular complexity index is 460. The minimum Gasteiger partial charge on any atom is -0.433 e. The van der Waals surface area contributed by atoms with Crippen LogP contribution in [-0.2, 0) is 4.74 Å². The Morgan fingerprint density at radius 1 is 1.45 bits per heavy atom. The SMILES string of the molecule is COCC(C)NC(=O)Nc1ccc(OC(F)F)c(Cl)c1. The molecule has 0 aliphatic rings. The van der Waals surface area contributed by atoms with Gasteiger partial charge in [-0.05, 0) is 25.1 Å². The zero-order valence-corrected chi connectivity index (χ0v) is 11.7. The molecule has 1 aromatic carbocycles. The van der Waals surface area contributed by atoms with E-state index in [1.807, 2.05) is 0 Å². The van der Waals surface area contributed by atoms with Crippen molar-refractivity contribution in [2.24, 2.45) is 0 Å². The highest BCUT2D eigenvalue weighted by Crippen LogP contribution is 2.28. The Morgan fingerprint density at radius 3 is 2.70 bits per heavy atom. The molecule has 0 spiro atoms. The van der Waals surface area contributed by atoms with E-state index in [1.165, 1.54) is 25.3 Å². The molecule has 0 saturated carbocycles. The molecule has 1 unspecified atom stereocenters. The summed E-state index contributed by atoms with van der Waals surface area (Å²) in [7, 11) is 1.53. The molecule has 0 aliphatic heterocycles. The number of anilines is 1. The Hall–Kier alpha value is -1.60. The first kappa shape index (κ1) is 16.5. The van der Waals surface area contributed by atoms with Gasteiger partial charge in [0.2, 0.25) is 0 Å². The zero-order valence-electron chi connectivity index (χ0n) is 11.0. The number of carbonyl (C=O) groups is 1. The molecule has 8 heteroatoms. The van der Waals surface area contributed by atoms with Gasteiger partial charge in [-0.15, -0.1) is 0 Å². The maximum Gasteiger partial charge on any atom is 0.387 e. The lowest BCUT2D eigenvalue weighted by Gasteiger charge is -2.14. The predicted molar refractivity (Wildman–Crippen MR) is 71.6 cm³/mol. The fraction of sp³-hybridized carbons (Fsp3) is 0.417. The van der Waals surface area contributed by atoms with Crippen molar-refractivity contribution in [3.8, 4) is 5.75 Å². The van der Waals surface area contributed by atoms with E-state index in [0.29, 0.717) is 12.3 Å². The van der Waals surface area contributed by atoms with Crippen molar-refractivity contribution in [3.05, 3.63) is 23.2 Å². The lowest BCUT2D eigenvalue weighted by Crippen LogP contribution is -2.38. The number of nitrogens with one attached hydrogen (secondary N) is 2. The van der Waals surface area contributed by atoms with Gasteiger partial charge in [-0.25, -0.2) is 4.79 Å². The van der Waals surface area contributed by atoms with Crippen LogP contribution in [0.2, 0.25) is 5.02 Å². The van der Waals surface area contributed by atoms with E-state index in [1.54, 1.807) is 6.92 Å². The standard InChI is InChI=1S/C12H15ClF2N2O3/c1-7(6-19-2)16-12(18)17-8-3-4-10(9(13)5-8)20-11(14)15/h3-5,7,11H,6H2,1-2H3,(H2,16,17,18). The predicted octanol–water partition coefficient (Wildman–Crippen LogP) is 3.10. The van der Waals surface area contributed by atoms with Crippen LogP contribution in [0.5, 0.6) is 5.75 Å². The molecule has 0 bridgehead atoms. The molecule has 0 saturated heterocycles. The third-order valence-electron chi connectivity index (χ3n) is 2.20. The topological polar surface area (TPSA) is 59.6 Å². The van der Waals surface area contributed by atoms with Crippen molar-refractivity contribution in [1.82, 2.24) is 5.32 Å². The molecule has 5 nitrogen and oxygen atoms in total. The number of benzene rings is 1. The highest BCUT2D eigenvalue weighted by molar-refractivity contribution is 6.32. The summed E-state index contributed by atoms with van der Waals surface area (Å²) in [5.74, 6) is -0.152. The Kier molecular flexibility index (Phi) is 6.47. The molecule has 1 rings (SSSR count). The summed E-state index contributed by atoms with van der Waals surface area (Å²) in [4.78, 5) is 11.6. The molecule has 0 aromatic heterocycles. The first-order valence-electron chi connectivity index (χ1n) is 5.73. The number of amides is 2. The second kappa shape index (κ2) is 7.86. The number of hydrogen-bond donors (Lipinski definition) is 2. The highest BCUT2D eigenvalue weighted by atomic mass is 35.5. The first-order chi connectivity index (χ1) is 9.42. The average Bonchev–Trinajstić information content (AvgIpc) is 2.32. The monoisotopic (exact) mass is 308 g/mol. The van der Waals surface area contributed by atoms with Crippen LogP contribution in [0.15, 0.2) is 18.2 Å². The quantitative estimate of drug-likeness (QED) is 0.849. The molecular weight excluding hydrogens is 294 g/mol. The molecular formula is C12H15ClF2N2O3. The third kappa shape index (κ3) is 5.58. The zero-order chi connectivity index (χ0) is 15.1. The number of carbonyl (C=O) groups excluding carboxylic acids is 1. The van der Waals surface area contributed by atoms with Crippen molar-refractivity contribution in [2.75, 3.05) is 19.0 Å². The molecule has 0 radical (unpaired) electrons. The molecule has 112 valence electrons. The van der Waals surface area contributed by atoms with E-state index < -0.39 is 12.6 Å². The van der Waals surface area contributed by atoms with E-state index in [0.717, 1.165) is 0 Å². The maximum atomic E-state index is 12.1. The van der Waals surface area contributed by atoms with Gasteiger partial charge < -0.3 is 20.1 Å². The number of hydrogen-bond acceptors (Lipinski definition) is 3. The molecule has 1 aromatic rings. The number of alkyl halides is 2. The Labute approximate surface area is 120 Å². The normalized spacial score (nSPS) is 12.1. The van der Waals surface area contributed by atoms with Crippen LogP contribution in [-0.4, -0.2) is 32.4 Å². The van der Waals surface area contributed by atoms with Gasteiger partial charge in [0.05, 0.1) is 17.7 Å². The summed E-state index contributed by atoms with van der Waals surface area (Å²) in [6, 6.07) is 3.36. The molecule has 0 aliphatic carbocycles. The second-order valence-corrected chi connectivity index (χ2v) is 4.39. The van der Waals surface area contributed by atoms with Crippen molar-refractivity contribution in [3.63, 3.8) is 0 Å². The van der Waals surface area contributed by atoms with E-state index in [-0.39, 0.29) is 16.8 Å². The molecule has 20 heavy (non-hydrogen) atoms. The van der Waals surface area contributed by atoms with Gasteiger partial charge in [-0.1, -0.05) is 11.6 Å². The third-order valence-corrected chi connectivity index (χ3v) is 2.50. The van der Waals surface area contributed by atoms with Crippen LogP contribution in [0, 0.1) is 0 Å². The van der Waals surface area contributed by atoms with Crippen molar-refractivity contribution < 1.29 is 23.0 Å². The molecule has 1 atom stereocenters. The fourth-order valence-electron chi connectivity index (χ4n) is 1.45. The van der Waals surface area contributed by atoms with E-state index >= 15 is 0 Å². The van der Waals surface area contributed by atoms with Gasteiger partial charge in [-0.2, -0.15) is 8.78 Å². The summed E-state index contributed by atoms with van der Waals surface area (Å²) in [6.45, 7) is -0.810. The van der Waals surface area contributed by atoms with Crippen LogP contribution in [0.3, 0.4) is 0 Å². The lowest BCUT2D eigenvalue weighted by atomic mass is 10.3. The highest BCUT2D eigenvalue weighted by Gasteiger charge is 2.11. The number of methoxy groups -OCH3 is 1. The van der Waals surface area contributed by atoms with E-state index in [9.17, 15) is 13.6 Å². The molecule has 2 amide bonds. The summed E-state index contributed by atoms with van der Waals surface area (Å²) in [5.41, 5.74) is 0.360. The van der Waals surface area contributed by atoms with Gasteiger partial charge in [-0.3, -0.25) is 0 Å². The summed E-state index contributed by atoms with van der Waals surface area (Å²) >= 11 is 5.76. The summed E-state index contributed by atoms with van der Waals surface area (Å²) in [6.07, 6.45) is 0. The minimum atomic E-state index is -2.95. The van der Waals surface area contributed by atoms with Crippen LogP contribution < -0.4 is 15.4 Å². The van der Waals surface area contributed by atoms with E-state index in [4.69, 9.17) is 16.3 Å². The summed E-state index contributed by atoms with van der Waals surface area (Å²) in [5, 5.41) is 5.13. The minimum absolute atomic E-state index is 0.0203. The van der Waals surface area contributed by atoms with Gasteiger partial charge >= 0.3 is 12.6 Å². The first-order valence-corrected chi connectivity index (χ1v) is 6.11. The second-order valence-electron chi connectivity index (χ2n) is 3.98. The lowest BCUT2D eigenvalue weighted by molar-refractivity contribution is -0.0497. The molecule has 2 N–H and O–H groups in total. The van der Waals surface area contributed by atoms with Gasteiger partial charge in [0.25, 0.3) is 0 Å². The largest absolute Gasteiger partial charge is 0.433 e. The average molecular weight is 309 g/mol. The van der Waals surface area contributed by atoms with Gasteiger partial charge in [0, 0.05) is 12.8 Å². The smallest absolute Gasteiger partial charge is 0.387 e. The number of halogens is 3. The summed E-state index contributed by atoms with van der Waals surface area (Å²) < 4.78 is 33.2. The number of urea groups is 1. The van der Waals surface area contributed by atoms with Gasteiger partial charge in [0.15, 0.2) is 0 Å². The Morgan fingerprint density at radius 2 is 2.15 bits per heavy atom. The van der Waals surface area contributed by atoms with Gasteiger partial charge in [0.1, 0.15) is 5.75 Å². The number of ether oxygens (including phenoxy) is 2. The van der Waals surface area contributed by atoms with E-state index in [2.05, 4.69) is 15.4 Å². The molecule has 0 fully saturated rings. The Balaban J connectivity index is 2.60. The van der Waals surface area contributed by atoms with Crippen LogP contribution in [0.1, 0.15) is 6.92 Å². The van der Waals surface area contributed by atoms with Crippen molar-refractivity contribution in [2.45, 2.75) is 19.6 Å². The fourth-order valence-corrected chi connectivity index (χ4v) is 1.68.